The van der Waals surface area contributed by atoms with Crippen LogP contribution in [0.25, 0.3) is 11.0 Å². The van der Waals surface area contributed by atoms with Crippen LogP contribution in [0.3, 0.4) is 0 Å². The number of nitrogens with one attached hydrogen (secondary N) is 1. The zero-order valence-corrected chi connectivity index (χ0v) is 19.0. The minimum absolute atomic E-state index is 0.0279. The first-order valence-corrected chi connectivity index (χ1v) is 11.5. The summed E-state index contributed by atoms with van der Waals surface area (Å²) in [6, 6.07) is 6.87. The van der Waals surface area contributed by atoms with Crippen LogP contribution in [0.5, 0.6) is 0 Å². The minimum atomic E-state index is -4.18. The van der Waals surface area contributed by atoms with Gasteiger partial charge < -0.3 is 15.1 Å². The Labute approximate surface area is 190 Å². The van der Waals surface area contributed by atoms with Crippen molar-refractivity contribution in [3.05, 3.63) is 24.3 Å². The molecule has 0 atom stereocenters. The Hall–Kier alpha value is -2.78. The van der Waals surface area contributed by atoms with Crippen molar-refractivity contribution in [2.45, 2.75) is 45.7 Å². The highest BCUT2D eigenvalue weighted by Crippen LogP contribution is 2.60. The number of piperazine rings is 1. The molecule has 4 rings (SSSR count). The molecule has 10 heteroatoms. The zero-order valence-electron chi connectivity index (χ0n) is 19.0. The highest BCUT2D eigenvalue weighted by molar-refractivity contribution is 5.93. The maximum atomic E-state index is 13.1. The third kappa shape index (κ3) is 4.65. The van der Waals surface area contributed by atoms with Crippen molar-refractivity contribution in [3.8, 4) is 0 Å². The number of halogens is 3. The maximum absolute atomic E-state index is 13.1. The van der Waals surface area contributed by atoms with Crippen LogP contribution < -0.4 is 10.2 Å². The van der Waals surface area contributed by atoms with Gasteiger partial charge in [0.2, 0.25) is 11.9 Å². The summed E-state index contributed by atoms with van der Waals surface area (Å²) in [5, 5.41) is 2.78. The molecule has 2 aliphatic rings. The van der Waals surface area contributed by atoms with Gasteiger partial charge in [-0.15, -0.1) is 0 Å². The van der Waals surface area contributed by atoms with Gasteiger partial charge in [-0.3, -0.25) is 4.79 Å². The van der Waals surface area contributed by atoms with E-state index in [1.165, 1.54) is 4.57 Å². The summed E-state index contributed by atoms with van der Waals surface area (Å²) in [4.78, 5) is 33.8. The fourth-order valence-corrected chi connectivity index (χ4v) is 4.44. The molecule has 1 aromatic heterocycles. The number of fused-ring (bicyclic) bond motifs is 1. The quantitative estimate of drug-likeness (QED) is 0.655. The van der Waals surface area contributed by atoms with E-state index in [4.69, 9.17) is 0 Å². The molecule has 1 aromatic carbocycles. The van der Waals surface area contributed by atoms with Crippen molar-refractivity contribution in [1.82, 2.24) is 19.8 Å². The molecule has 0 bridgehead atoms. The maximum Gasteiger partial charge on any atom is 0.394 e. The fraction of sp³-hybridized carbons (Fsp3) is 0.609. The first-order chi connectivity index (χ1) is 15.6. The van der Waals surface area contributed by atoms with Crippen molar-refractivity contribution in [1.29, 1.82) is 0 Å². The number of imidazole rings is 1. The van der Waals surface area contributed by atoms with Gasteiger partial charge in [0, 0.05) is 38.6 Å². The van der Waals surface area contributed by atoms with Gasteiger partial charge in [0.05, 0.1) is 16.4 Å². The number of benzene rings is 1. The van der Waals surface area contributed by atoms with Crippen LogP contribution >= 0.6 is 0 Å². The Morgan fingerprint density at radius 2 is 1.79 bits per heavy atom. The monoisotopic (exact) mass is 465 g/mol. The predicted octanol–water partition coefficient (Wildman–Crippen LogP) is 4.02. The van der Waals surface area contributed by atoms with Crippen LogP contribution in [0.15, 0.2) is 24.3 Å². The second-order valence-corrected chi connectivity index (χ2v) is 9.32. The number of anilines is 1. The van der Waals surface area contributed by atoms with Crippen LogP contribution in [0, 0.1) is 11.3 Å². The number of alkyl halides is 3. The van der Waals surface area contributed by atoms with Crippen LogP contribution in [0.1, 0.15) is 39.5 Å². The standard InChI is InChI=1S/C23H30F3N5O2/c1-16(2)19(32)29-12-14-30(15-13-29)20-28-17-6-3-4-7-18(17)31(20)21(33)27-11-5-8-22(9-10-22)23(24,25)26/h3-4,6-7,16H,5,8-15H2,1-2H3,(H,27,33). The first-order valence-electron chi connectivity index (χ1n) is 11.5. The van der Waals surface area contributed by atoms with Gasteiger partial charge in [-0.1, -0.05) is 26.0 Å². The Kier molecular flexibility index (Phi) is 6.28. The van der Waals surface area contributed by atoms with E-state index in [2.05, 4.69) is 10.3 Å². The third-order valence-corrected chi connectivity index (χ3v) is 6.68. The van der Waals surface area contributed by atoms with Gasteiger partial charge >= 0.3 is 12.2 Å². The number of amides is 2. The van der Waals surface area contributed by atoms with E-state index < -0.39 is 17.6 Å². The molecule has 7 nitrogen and oxygen atoms in total. The molecule has 2 aromatic rings. The van der Waals surface area contributed by atoms with Gasteiger partial charge in [-0.05, 0) is 37.8 Å². The number of hydrogen-bond donors (Lipinski definition) is 1. The van der Waals surface area contributed by atoms with E-state index in [1.807, 2.05) is 41.8 Å². The van der Waals surface area contributed by atoms with Crippen molar-refractivity contribution < 1.29 is 22.8 Å². The molecule has 1 saturated heterocycles. The Morgan fingerprint density at radius 3 is 2.39 bits per heavy atom. The van der Waals surface area contributed by atoms with Crippen LogP contribution in [-0.2, 0) is 4.79 Å². The van der Waals surface area contributed by atoms with Crippen LogP contribution in [0.4, 0.5) is 23.9 Å². The average Bonchev–Trinajstić information content (AvgIpc) is 3.49. The van der Waals surface area contributed by atoms with Gasteiger partial charge in [0.25, 0.3) is 0 Å². The lowest BCUT2D eigenvalue weighted by molar-refractivity contribution is -0.189. The lowest BCUT2D eigenvalue weighted by Crippen LogP contribution is -2.51. The van der Waals surface area contributed by atoms with E-state index in [-0.39, 0.29) is 44.1 Å². The Bertz CT molecular complexity index is 1020. The SMILES string of the molecule is CC(C)C(=O)N1CCN(c2nc3ccccc3n2C(=O)NCCCC2(C(F)(F)F)CC2)CC1. The molecular weight excluding hydrogens is 435 g/mol. The number of rotatable bonds is 6. The molecule has 33 heavy (non-hydrogen) atoms. The van der Waals surface area contributed by atoms with Crippen molar-refractivity contribution in [3.63, 3.8) is 0 Å². The minimum Gasteiger partial charge on any atom is -0.339 e. The summed E-state index contributed by atoms with van der Waals surface area (Å²) in [5.74, 6) is 0.520. The summed E-state index contributed by atoms with van der Waals surface area (Å²) < 4.78 is 40.9. The van der Waals surface area contributed by atoms with Gasteiger partial charge in [0.1, 0.15) is 0 Å². The number of nitrogens with zero attached hydrogens (tertiary/aromatic N) is 4. The molecule has 2 heterocycles. The number of carbonyl (C=O) groups excluding carboxylic acids is 2. The number of hydrogen-bond acceptors (Lipinski definition) is 4. The first kappa shape index (κ1) is 23.4. The summed E-state index contributed by atoms with van der Waals surface area (Å²) >= 11 is 0. The van der Waals surface area contributed by atoms with Gasteiger partial charge in [-0.2, -0.15) is 13.2 Å². The fourth-order valence-electron chi connectivity index (χ4n) is 4.44. The number of aromatic nitrogens is 2. The molecule has 0 unspecified atom stereocenters. The molecule has 0 spiro atoms. The van der Waals surface area contributed by atoms with Gasteiger partial charge in [-0.25, -0.2) is 14.3 Å². The number of para-hydroxylation sites is 2. The summed E-state index contributed by atoms with van der Waals surface area (Å²) in [5.41, 5.74) is -0.255. The zero-order chi connectivity index (χ0) is 23.8. The van der Waals surface area contributed by atoms with E-state index in [9.17, 15) is 22.8 Å². The highest BCUT2D eigenvalue weighted by atomic mass is 19.4. The number of carbonyl (C=O) groups is 2. The lowest BCUT2D eigenvalue weighted by Gasteiger charge is -2.36. The highest BCUT2D eigenvalue weighted by Gasteiger charge is 2.62. The summed E-state index contributed by atoms with van der Waals surface area (Å²) in [6.45, 7) is 6.09. The molecule has 2 fully saturated rings. The van der Waals surface area contributed by atoms with E-state index in [0.717, 1.165) is 0 Å². The average molecular weight is 466 g/mol. The van der Waals surface area contributed by atoms with E-state index in [1.54, 1.807) is 6.07 Å². The van der Waals surface area contributed by atoms with E-state index in [0.29, 0.717) is 43.2 Å². The van der Waals surface area contributed by atoms with Crippen LogP contribution in [-0.4, -0.2) is 65.3 Å². The normalized spacial score (nSPS) is 18.1. The Morgan fingerprint density at radius 1 is 1.12 bits per heavy atom. The topological polar surface area (TPSA) is 70.5 Å². The van der Waals surface area contributed by atoms with Gasteiger partial charge in [0.15, 0.2) is 0 Å². The molecule has 1 N–H and O–H groups in total. The smallest absolute Gasteiger partial charge is 0.339 e. The molecule has 1 aliphatic carbocycles. The molecular formula is C23H30F3N5O2. The lowest BCUT2D eigenvalue weighted by atomic mass is 10.00. The van der Waals surface area contributed by atoms with Crippen molar-refractivity contribution in [2.24, 2.45) is 11.3 Å². The van der Waals surface area contributed by atoms with Crippen molar-refractivity contribution in [2.75, 3.05) is 37.6 Å². The molecule has 180 valence electrons. The molecule has 1 aliphatic heterocycles. The summed E-state index contributed by atoms with van der Waals surface area (Å²) in [6.07, 6.45) is -3.54. The largest absolute Gasteiger partial charge is 0.394 e. The Balaban J connectivity index is 1.44. The van der Waals surface area contributed by atoms with E-state index >= 15 is 0 Å². The van der Waals surface area contributed by atoms with Crippen LogP contribution in [0.2, 0.25) is 0 Å². The summed E-state index contributed by atoms with van der Waals surface area (Å²) in [7, 11) is 0. The predicted molar refractivity (Wildman–Crippen MR) is 119 cm³/mol. The molecule has 0 radical (unpaired) electrons. The molecule has 1 saturated carbocycles. The second kappa shape index (κ2) is 8.87. The van der Waals surface area contributed by atoms with Crippen molar-refractivity contribution >= 4 is 28.9 Å². The third-order valence-electron chi connectivity index (χ3n) is 6.68. The second-order valence-electron chi connectivity index (χ2n) is 9.32. The molecule has 2 amide bonds.